The Bertz CT molecular complexity index is 818. The van der Waals surface area contributed by atoms with Crippen molar-refractivity contribution in [1.82, 2.24) is 9.71 Å². The van der Waals surface area contributed by atoms with Gasteiger partial charge in [-0.25, -0.2) is 13.3 Å². The van der Waals surface area contributed by atoms with Crippen molar-refractivity contribution in [1.29, 1.82) is 0 Å². The number of rotatable bonds is 7. The fourth-order valence-corrected chi connectivity index (χ4v) is 4.17. The lowest BCUT2D eigenvalue weighted by atomic mass is 9.79. The average molecular weight is 390 g/mol. The molecule has 27 heavy (non-hydrogen) atoms. The number of benzene rings is 1. The van der Waals surface area contributed by atoms with Crippen molar-refractivity contribution in [2.75, 3.05) is 5.73 Å². The number of halogens is 1. The molecule has 0 radical (unpaired) electrons. The molecule has 1 aromatic carbocycles. The smallest absolute Gasteiger partial charge is 0.146 e. The predicted octanol–water partition coefficient (Wildman–Crippen LogP) is 4.29. The molecule has 3 N–H and O–H groups in total. The highest BCUT2D eigenvalue weighted by molar-refractivity contribution is 7.84. The van der Waals surface area contributed by atoms with Gasteiger partial charge in [0, 0.05) is 12.4 Å². The zero-order valence-electron chi connectivity index (χ0n) is 16.2. The van der Waals surface area contributed by atoms with Gasteiger partial charge < -0.3 is 5.73 Å². The van der Waals surface area contributed by atoms with E-state index < -0.39 is 27.1 Å². The Kier molecular flexibility index (Phi) is 5.68. The molecule has 2 atom stereocenters. The molecule has 146 valence electrons. The summed E-state index contributed by atoms with van der Waals surface area (Å²) in [6, 6.07) is 8.65. The molecule has 0 spiro atoms. The molecule has 3 rings (SSSR count). The number of aromatic nitrogens is 1. The molecule has 1 fully saturated rings. The van der Waals surface area contributed by atoms with Crippen molar-refractivity contribution in [3.63, 3.8) is 0 Å². The fraction of sp³-hybridized carbons (Fsp3) is 0.476. The highest BCUT2D eigenvalue weighted by Crippen LogP contribution is 2.42. The monoisotopic (exact) mass is 389 g/mol. The molecular weight excluding hydrogens is 361 g/mol. The quantitative estimate of drug-likeness (QED) is 0.694. The third-order valence-electron chi connectivity index (χ3n) is 5.11. The Labute approximate surface area is 163 Å². The Balaban J connectivity index is 2.13. The Hall–Kier alpha value is -1.79. The van der Waals surface area contributed by atoms with E-state index >= 15 is 0 Å². The van der Waals surface area contributed by atoms with Gasteiger partial charge in [0.2, 0.25) is 0 Å². The maximum atomic E-state index is 13.8. The lowest BCUT2D eigenvalue weighted by molar-refractivity contribution is 0.415. The summed E-state index contributed by atoms with van der Waals surface area (Å²) in [5.41, 5.74) is 7.06. The van der Waals surface area contributed by atoms with Crippen molar-refractivity contribution < 1.29 is 8.60 Å². The van der Waals surface area contributed by atoms with Gasteiger partial charge in [-0.2, -0.15) is 0 Å². The van der Waals surface area contributed by atoms with E-state index in [1.165, 1.54) is 18.9 Å². The lowest BCUT2D eigenvalue weighted by Gasteiger charge is -2.38. The van der Waals surface area contributed by atoms with Crippen LogP contribution in [0, 0.1) is 11.7 Å². The van der Waals surface area contributed by atoms with E-state index in [1.54, 1.807) is 24.5 Å². The minimum Gasteiger partial charge on any atom is -0.396 e. The summed E-state index contributed by atoms with van der Waals surface area (Å²) in [5.74, 6) is 0.260. The summed E-state index contributed by atoms with van der Waals surface area (Å²) in [6.45, 7) is 5.81. The third-order valence-corrected chi connectivity index (χ3v) is 6.76. The van der Waals surface area contributed by atoms with Crippen LogP contribution in [0.2, 0.25) is 0 Å². The second-order valence-electron chi connectivity index (χ2n) is 8.34. The van der Waals surface area contributed by atoms with Crippen LogP contribution in [0.15, 0.2) is 42.7 Å². The number of anilines is 1. The summed E-state index contributed by atoms with van der Waals surface area (Å²) in [4.78, 5) is 4.13. The molecule has 0 aliphatic heterocycles. The molecular formula is C21H28FN3OS. The number of hydrogen-bond acceptors (Lipinski definition) is 3. The van der Waals surface area contributed by atoms with Crippen molar-refractivity contribution in [2.24, 2.45) is 5.92 Å². The molecule has 0 bridgehead atoms. The molecule has 1 saturated carbocycles. The van der Waals surface area contributed by atoms with Gasteiger partial charge >= 0.3 is 0 Å². The number of nitrogens with zero attached hydrogens (tertiary/aromatic N) is 1. The Morgan fingerprint density at radius 2 is 1.85 bits per heavy atom. The normalized spacial score (nSPS) is 18.1. The number of pyridine rings is 1. The SMILES string of the molecule is CC(C)(C)S(=O)N[C@@](CCC1CC1)(c1ccncc1)c1ccc(F)c(N)c1. The molecule has 1 aliphatic rings. The van der Waals surface area contributed by atoms with E-state index in [1.807, 2.05) is 32.9 Å². The zero-order valence-corrected chi connectivity index (χ0v) is 17.0. The first-order valence-corrected chi connectivity index (χ1v) is 10.5. The van der Waals surface area contributed by atoms with E-state index in [9.17, 15) is 8.60 Å². The second kappa shape index (κ2) is 7.68. The summed E-state index contributed by atoms with van der Waals surface area (Å²) < 4.78 is 29.9. The molecule has 0 saturated heterocycles. The maximum Gasteiger partial charge on any atom is 0.146 e. The standard InChI is InChI=1S/C21H28FN3OS/c1-20(2,3)27(26)25-21(11-8-15-4-5-15,16-9-12-24-13-10-16)17-6-7-18(22)19(23)14-17/h6-7,9-10,12-15,25H,4-5,8,11,23H2,1-3H3/t21-,27?/m0/s1. The molecule has 1 aliphatic carbocycles. The highest BCUT2D eigenvalue weighted by Gasteiger charge is 2.40. The van der Waals surface area contributed by atoms with Crippen molar-refractivity contribution >= 4 is 16.7 Å². The van der Waals surface area contributed by atoms with Gasteiger partial charge in [0.25, 0.3) is 0 Å². The van der Waals surface area contributed by atoms with Crippen LogP contribution in [-0.2, 0) is 16.5 Å². The average Bonchev–Trinajstić information content (AvgIpc) is 3.45. The van der Waals surface area contributed by atoms with Crippen LogP contribution < -0.4 is 10.5 Å². The van der Waals surface area contributed by atoms with Gasteiger partial charge in [0.1, 0.15) is 5.82 Å². The third kappa shape index (κ3) is 4.55. The van der Waals surface area contributed by atoms with Gasteiger partial charge in [-0.15, -0.1) is 0 Å². The van der Waals surface area contributed by atoms with Crippen LogP contribution in [0.25, 0.3) is 0 Å². The number of hydrogen-bond donors (Lipinski definition) is 2. The second-order valence-corrected chi connectivity index (χ2v) is 10.3. The van der Waals surface area contributed by atoms with Crippen molar-refractivity contribution in [3.8, 4) is 0 Å². The van der Waals surface area contributed by atoms with Crippen LogP contribution in [-0.4, -0.2) is 13.9 Å². The molecule has 0 amide bonds. The van der Waals surface area contributed by atoms with Crippen LogP contribution in [0.4, 0.5) is 10.1 Å². The summed E-state index contributed by atoms with van der Waals surface area (Å²) in [7, 11) is -1.32. The molecule has 2 aromatic rings. The van der Waals surface area contributed by atoms with Crippen molar-refractivity contribution in [2.45, 2.75) is 56.7 Å². The first kappa shape index (κ1) is 20.0. The van der Waals surface area contributed by atoms with E-state index in [0.717, 1.165) is 24.0 Å². The summed E-state index contributed by atoms with van der Waals surface area (Å²) in [5, 5.41) is 0. The zero-order chi connectivity index (χ0) is 19.7. The Morgan fingerprint density at radius 3 is 2.41 bits per heavy atom. The van der Waals surface area contributed by atoms with Gasteiger partial charge in [-0.05, 0) is 74.9 Å². The molecule has 1 aromatic heterocycles. The molecule has 1 unspecified atom stereocenters. The summed E-state index contributed by atoms with van der Waals surface area (Å²) in [6.07, 6.45) is 7.70. The number of nitrogens with two attached hydrogens (primary N) is 1. The first-order valence-electron chi connectivity index (χ1n) is 9.38. The number of nitrogens with one attached hydrogen (secondary N) is 1. The van der Waals surface area contributed by atoms with Crippen molar-refractivity contribution in [3.05, 3.63) is 59.7 Å². The molecule has 1 heterocycles. The van der Waals surface area contributed by atoms with E-state index in [0.29, 0.717) is 5.92 Å². The van der Waals surface area contributed by atoms with E-state index in [-0.39, 0.29) is 5.69 Å². The van der Waals surface area contributed by atoms with Gasteiger partial charge in [-0.3, -0.25) is 4.98 Å². The lowest BCUT2D eigenvalue weighted by Crippen LogP contribution is -2.49. The number of nitrogen functional groups attached to an aromatic ring is 1. The maximum absolute atomic E-state index is 13.8. The minimum atomic E-state index is -1.32. The summed E-state index contributed by atoms with van der Waals surface area (Å²) >= 11 is 0. The largest absolute Gasteiger partial charge is 0.396 e. The fourth-order valence-electron chi connectivity index (χ4n) is 3.21. The minimum absolute atomic E-state index is 0.0979. The van der Waals surface area contributed by atoms with Gasteiger partial charge in [0.15, 0.2) is 0 Å². The van der Waals surface area contributed by atoms with Gasteiger partial charge in [-0.1, -0.05) is 18.9 Å². The first-order chi connectivity index (χ1) is 12.7. The Morgan fingerprint density at radius 1 is 1.19 bits per heavy atom. The van der Waals surface area contributed by atoms with Gasteiger partial charge in [0.05, 0.1) is 27.0 Å². The van der Waals surface area contributed by atoms with E-state index in [4.69, 9.17) is 5.73 Å². The van der Waals surface area contributed by atoms with Crippen LogP contribution in [0.1, 0.15) is 57.6 Å². The highest BCUT2D eigenvalue weighted by atomic mass is 32.2. The molecule has 6 heteroatoms. The van der Waals surface area contributed by atoms with E-state index in [2.05, 4.69) is 9.71 Å². The van der Waals surface area contributed by atoms with Crippen LogP contribution in [0.5, 0.6) is 0 Å². The molecule has 4 nitrogen and oxygen atoms in total. The van der Waals surface area contributed by atoms with Crippen LogP contribution >= 0.6 is 0 Å². The van der Waals surface area contributed by atoms with Crippen LogP contribution in [0.3, 0.4) is 0 Å². The topological polar surface area (TPSA) is 68.0 Å². The predicted molar refractivity (Wildman–Crippen MR) is 109 cm³/mol.